The summed E-state index contributed by atoms with van der Waals surface area (Å²) in [7, 11) is 0. The number of nitrogens with one attached hydrogen (secondary N) is 2. The van der Waals surface area contributed by atoms with Gasteiger partial charge in [-0.2, -0.15) is 11.8 Å². The van der Waals surface area contributed by atoms with E-state index in [1.807, 2.05) is 6.26 Å². The molecule has 1 heterocycles. The van der Waals surface area contributed by atoms with E-state index >= 15 is 0 Å². The molecule has 3 rings (SSSR count). The van der Waals surface area contributed by atoms with Crippen LogP contribution in [0.25, 0.3) is 0 Å². The molecule has 0 aromatic heterocycles. The van der Waals surface area contributed by atoms with Gasteiger partial charge in [-0.1, -0.05) is 29.8 Å². The monoisotopic (exact) mass is 459 g/mol. The van der Waals surface area contributed by atoms with Crippen molar-refractivity contribution in [1.29, 1.82) is 0 Å². The Morgan fingerprint density at radius 1 is 1.06 bits per heavy atom. The molecule has 0 saturated carbocycles. The van der Waals surface area contributed by atoms with Crippen LogP contribution in [-0.2, 0) is 9.59 Å². The fourth-order valence-corrected chi connectivity index (χ4v) is 3.95. The lowest BCUT2D eigenvalue weighted by Gasteiger charge is -2.25. The van der Waals surface area contributed by atoms with Crippen molar-refractivity contribution in [3.05, 3.63) is 64.2 Å². The highest BCUT2D eigenvalue weighted by Crippen LogP contribution is 2.26. The molecule has 4 amide bonds. The van der Waals surface area contributed by atoms with Crippen LogP contribution in [0.2, 0.25) is 5.02 Å². The number of benzene rings is 2. The second-order valence-electron chi connectivity index (χ2n) is 7.00. The Hall–Kier alpha value is -2.84. The van der Waals surface area contributed by atoms with E-state index in [1.54, 1.807) is 49.4 Å². The van der Waals surface area contributed by atoms with Crippen LogP contribution in [0.15, 0.2) is 42.5 Å². The van der Waals surface area contributed by atoms with E-state index in [-0.39, 0.29) is 24.1 Å². The predicted molar refractivity (Wildman–Crippen MR) is 122 cm³/mol. The summed E-state index contributed by atoms with van der Waals surface area (Å²) in [5.41, 5.74) is 1.82. The summed E-state index contributed by atoms with van der Waals surface area (Å²) < 4.78 is 0. The number of rotatable bonds is 8. The zero-order chi connectivity index (χ0) is 22.5. The molecular formula is C22H22ClN3O4S. The lowest BCUT2D eigenvalue weighted by Crippen LogP contribution is -2.51. The van der Waals surface area contributed by atoms with Gasteiger partial charge in [0.2, 0.25) is 11.8 Å². The van der Waals surface area contributed by atoms with Crippen molar-refractivity contribution in [2.24, 2.45) is 0 Å². The molecule has 9 heteroatoms. The number of amides is 4. The molecular weight excluding hydrogens is 438 g/mol. The summed E-state index contributed by atoms with van der Waals surface area (Å²) in [6, 6.07) is 10.6. The Bertz CT molecular complexity index is 1010. The van der Waals surface area contributed by atoms with Crippen LogP contribution >= 0.6 is 23.4 Å². The molecule has 7 nitrogen and oxygen atoms in total. The average molecular weight is 460 g/mol. The number of anilines is 1. The number of hydrogen-bond acceptors (Lipinski definition) is 5. The van der Waals surface area contributed by atoms with Gasteiger partial charge in [0.1, 0.15) is 6.04 Å². The average Bonchev–Trinajstić information content (AvgIpc) is 3.01. The summed E-state index contributed by atoms with van der Waals surface area (Å²) in [6.07, 6.45) is 2.16. The van der Waals surface area contributed by atoms with Crippen LogP contribution in [0.4, 0.5) is 5.69 Å². The third-order valence-corrected chi connectivity index (χ3v) is 6.05. The van der Waals surface area contributed by atoms with Crippen LogP contribution in [0.1, 0.15) is 32.7 Å². The standard InChI is InChI=1S/C22H22ClN3O4S/c1-13-16(23)8-5-9-17(13)25-19(27)12-24-20(28)18(10-11-31-2)26-21(29)14-6-3-4-7-15(14)22(26)30/h3-9,18H,10-12H2,1-2H3,(H,24,28)(H,25,27)/t18-/m1/s1. The van der Waals surface area contributed by atoms with Gasteiger partial charge in [0.05, 0.1) is 17.7 Å². The van der Waals surface area contributed by atoms with Crippen LogP contribution < -0.4 is 10.6 Å². The molecule has 0 saturated heterocycles. The number of halogens is 1. The van der Waals surface area contributed by atoms with Gasteiger partial charge >= 0.3 is 0 Å². The lowest BCUT2D eigenvalue weighted by atomic mass is 10.1. The molecule has 162 valence electrons. The molecule has 1 aliphatic rings. The van der Waals surface area contributed by atoms with Crippen LogP contribution in [0.5, 0.6) is 0 Å². The maximum atomic E-state index is 12.9. The number of imide groups is 1. The highest BCUT2D eigenvalue weighted by atomic mass is 35.5. The molecule has 2 aromatic carbocycles. The zero-order valence-corrected chi connectivity index (χ0v) is 18.7. The topological polar surface area (TPSA) is 95.6 Å². The molecule has 0 fully saturated rings. The molecule has 0 bridgehead atoms. The zero-order valence-electron chi connectivity index (χ0n) is 17.1. The minimum atomic E-state index is -0.999. The maximum Gasteiger partial charge on any atom is 0.262 e. The Balaban J connectivity index is 1.69. The molecule has 2 aromatic rings. The van der Waals surface area contributed by atoms with Gasteiger partial charge < -0.3 is 10.6 Å². The summed E-state index contributed by atoms with van der Waals surface area (Å²) in [5.74, 6) is -1.42. The van der Waals surface area contributed by atoms with E-state index in [0.717, 1.165) is 4.90 Å². The minimum Gasteiger partial charge on any atom is -0.345 e. The molecule has 0 radical (unpaired) electrons. The Morgan fingerprint density at radius 3 is 2.32 bits per heavy atom. The smallest absolute Gasteiger partial charge is 0.262 e. The van der Waals surface area contributed by atoms with Crippen molar-refractivity contribution in [3.63, 3.8) is 0 Å². The van der Waals surface area contributed by atoms with E-state index in [1.165, 1.54) is 11.8 Å². The van der Waals surface area contributed by atoms with Gasteiger partial charge in [0.15, 0.2) is 0 Å². The van der Waals surface area contributed by atoms with Gasteiger partial charge in [-0.05, 0) is 55.2 Å². The number of carbonyl (C=O) groups excluding carboxylic acids is 4. The molecule has 0 aliphatic carbocycles. The van der Waals surface area contributed by atoms with Crippen molar-refractivity contribution in [2.75, 3.05) is 23.9 Å². The summed E-state index contributed by atoms with van der Waals surface area (Å²) in [6.45, 7) is 1.47. The maximum absolute atomic E-state index is 12.9. The first-order chi connectivity index (χ1) is 14.8. The normalized spacial score (nSPS) is 13.7. The number of thioether (sulfide) groups is 1. The Morgan fingerprint density at radius 2 is 1.71 bits per heavy atom. The van der Waals surface area contributed by atoms with Crippen molar-refractivity contribution in [2.45, 2.75) is 19.4 Å². The first-order valence-corrected chi connectivity index (χ1v) is 11.4. The third-order valence-electron chi connectivity index (χ3n) is 5.00. The number of nitrogens with zero attached hydrogens (tertiary/aromatic N) is 1. The molecule has 31 heavy (non-hydrogen) atoms. The Labute approximate surface area is 189 Å². The predicted octanol–water partition coefficient (Wildman–Crippen LogP) is 3.12. The van der Waals surface area contributed by atoms with E-state index in [4.69, 9.17) is 11.6 Å². The van der Waals surface area contributed by atoms with Gasteiger partial charge in [-0.3, -0.25) is 24.1 Å². The minimum absolute atomic E-state index is 0.281. The van der Waals surface area contributed by atoms with Crippen LogP contribution in [-0.4, -0.2) is 53.1 Å². The number of carbonyl (C=O) groups is 4. The SMILES string of the molecule is CSCC[C@H](C(=O)NCC(=O)Nc1cccc(Cl)c1C)N1C(=O)c2ccccc2C1=O. The first-order valence-electron chi connectivity index (χ1n) is 9.63. The lowest BCUT2D eigenvalue weighted by molar-refractivity contribution is -0.127. The molecule has 1 aliphatic heterocycles. The van der Waals surface area contributed by atoms with E-state index in [9.17, 15) is 19.2 Å². The van der Waals surface area contributed by atoms with Crippen molar-refractivity contribution in [3.8, 4) is 0 Å². The molecule has 0 unspecified atom stereocenters. The van der Waals surface area contributed by atoms with Gasteiger partial charge in [-0.25, -0.2) is 0 Å². The van der Waals surface area contributed by atoms with E-state index in [0.29, 0.717) is 22.0 Å². The summed E-state index contributed by atoms with van der Waals surface area (Å²) >= 11 is 7.56. The van der Waals surface area contributed by atoms with Crippen LogP contribution in [0.3, 0.4) is 0 Å². The van der Waals surface area contributed by atoms with Gasteiger partial charge in [0.25, 0.3) is 11.8 Å². The van der Waals surface area contributed by atoms with Crippen molar-refractivity contribution in [1.82, 2.24) is 10.2 Å². The fraction of sp³-hybridized carbons (Fsp3) is 0.273. The van der Waals surface area contributed by atoms with Gasteiger partial charge in [-0.15, -0.1) is 0 Å². The van der Waals surface area contributed by atoms with Gasteiger partial charge in [0, 0.05) is 10.7 Å². The highest BCUT2D eigenvalue weighted by Gasteiger charge is 2.42. The largest absolute Gasteiger partial charge is 0.345 e. The highest BCUT2D eigenvalue weighted by molar-refractivity contribution is 7.98. The molecule has 2 N–H and O–H groups in total. The van der Waals surface area contributed by atoms with Crippen LogP contribution in [0, 0.1) is 6.92 Å². The fourth-order valence-electron chi connectivity index (χ4n) is 3.32. The summed E-state index contributed by atoms with van der Waals surface area (Å²) in [5, 5.41) is 5.77. The van der Waals surface area contributed by atoms with E-state index < -0.39 is 29.7 Å². The molecule has 1 atom stereocenters. The Kier molecular flexibility index (Phi) is 7.35. The first kappa shape index (κ1) is 22.8. The summed E-state index contributed by atoms with van der Waals surface area (Å²) in [4.78, 5) is 51.8. The second-order valence-corrected chi connectivity index (χ2v) is 8.39. The number of fused-ring (bicyclic) bond motifs is 1. The van der Waals surface area contributed by atoms with E-state index in [2.05, 4.69) is 10.6 Å². The second kappa shape index (κ2) is 9.98. The van der Waals surface area contributed by atoms with Crippen molar-refractivity contribution >= 4 is 52.7 Å². The van der Waals surface area contributed by atoms with Crippen molar-refractivity contribution < 1.29 is 19.2 Å². The quantitative estimate of drug-likeness (QED) is 0.591. The molecule has 0 spiro atoms. The third kappa shape index (κ3) is 4.91. The number of hydrogen-bond donors (Lipinski definition) is 2.